The van der Waals surface area contributed by atoms with Gasteiger partial charge in [-0.2, -0.15) is 0 Å². The third kappa shape index (κ3) is 4.63. The first kappa shape index (κ1) is 15.7. The number of hydrogen-bond donors (Lipinski definition) is 1. The number of hydrogen-bond acceptors (Lipinski definition) is 5. The first-order chi connectivity index (χ1) is 10.1. The van der Waals surface area contributed by atoms with E-state index in [1.54, 1.807) is 0 Å². The van der Waals surface area contributed by atoms with Crippen molar-refractivity contribution >= 4 is 0 Å². The highest BCUT2D eigenvalue weighted by atomic mass is 16.5. The summed E-state index contributed by atoms with van der Waals surface area (Å²) in [5.41, 5.74) is 0. The molecule has 0 bridgehead atoms. The molecule has 1 saturated carbocycles. The van der Waals surface area contributed by atoms with Crippen molar-refractivity contribution in [1.82, 2.24) is 14.7 Å². The summed E-state index contributed by atoms with van der Waals surface area (Å²) in [5.74, 6) is 0. The maximum absolute atomic E-state index is 10.4. The lowest BCUT2D eigenvalue weighted by molar-refractivity contribution is -0.0785. The molecule has 1 aliphatic carbocycles. The van der Waals surface area contributed by atoms with Crippen LogP contribution in [0.1, 0.15) is 26.7 Å². The summed E-state index contributed by atoms with van der Waals surface area (Å²) in [4.78, 5) is 7.40. The minimum Gasteiger partial charge on any atom is -0.390 e. The van der Waals surface area contributed by atoms with Gasteiger partial charge in [0.2, 0.25) is 0 Å². The molecule has 1 N–H and O–H groups in total. The fourth-order valence-corrected chi connectivity index (χ4v) is 3.84. The SMILES string of the molecule is CC1CN(CC(O)CN2CCN(C3CC3)CC2)CC(C)O1. The Labute approximate surface area is 128 Å². The number of rotatable bonds is 5. The molecule has 21 heavy (non-hydrogen) atoms. The predicted octanol–water partition coefficient (Wildman–Crippen LogP) is 0.237. The summed E-state index contributed by atoms with van der Waals surface area (Å²) in [5, 5.41) is 10.4. The molecule has 2 heterocycles. The van der Waals surface area contributed by atoms with Gasteiger partial charge in [0.1, 0.15) is 0 Å². The van der Waals surface area contributed by atoms with Gasteiger partial charge in [-0.05, 0) is 26.7 Å². The maximum atomic E-state index is 10.4. The third-order valence-corrected chi connectivity index (χ3v) is 4.90. The fourth-order valence-electron chi connectivity index (χ4n) is 3.84. The van der Waals surface area contributed by atoms with Crippen LogP contribution in [0.3, 0.4) is 0 Å². The number of morpholine rings is 1. The normalized spacial score (nSPS) is 35.0. The average Bonchev–Trinajstić information content (AvgIpc) is 3.22. The Bertz CT molecular complexity index is 319. The molecule has 0 spiro atoms. The van der Waals surface area contributed by atoms with Crippen LogP contribution in [-0.4, -0.2) is 96.5 Å². The Morgan fingerprint density at radius 2 is 1.52 bits per heavy atom. The van der Waals surface area contributed by atoms with E-state index >= 15 is 0 Å². The molecular formula is C16H31N3O2. The number of ether oxygens (including phenoxy) is 1. The molecule has 0 amide bonds. The van der Waals surface area contributed by atoms with Crippen LogP contribution in [0.25, 0.3) is 0 Å². The molecule has 0 radical (unpaired) electrons. The molecule has 5 heteroatoms. The molecule has 5 nitrogen and oxygen atoms in total. The van der Waals surface area contributed by atoms with Crippen LogP contribution in [0.15, 0.2) is 0 Å². The van der Waals surface area contributed by atoms with Crippen LogP contribution in [-0.2, 0) is 4.74 Å². The van der Waals surface area contributed by atoms with E-state index in [2.05, 4.69) is 28.5 Å². The van der Waals surface area contributed by atoms with E-state index in [-0.39, 0.29) is 18.3 Å². The van der Waals surface area contributed by atoms with Crippen molar-refractivity contribution in [2.75, 3.05) is 52.4 Å². The van der Waals surface area contributed by atoms with E-state index < -0.39 is 0 Å². The van der Waals surface area contributed by atoms with Crippen LogP contribution < -0.4 is 0 Å². The van der Waals surface area contributed by atoms with Crippen molar-refractivity contribution in [3.8, 4) is 0 Å². The summed E-state index contributed by atoms with van der Waals surface area (Å²) < 4.78 is 5.75. The molecule has 2 aliphatic heterocycles. The third-order valence-electron chi connectivity index (χ3n) is 4.90. The van der Waals surface area contributed by atoms with Gasteiger partial charge in [-0.15, -0.1) is 0 Å². The average molecular weight is 297 g/mol. The minimum absolute atomic E-state index is 0.241. The molecule has 3 aliphatic rings. The van der Waals surface area contributed by atoms with Gasteiger partial charge in [0, 0.05) is 58.4 Å². The van der Waals surface area contributed by atoms with Gasteiger partial charge in [0.05, 0.1) is 18.3 Å². The van der Waals surface area contributed by atoms with Gasteiger partial charge >= 0.3 is 0 Å². The number of aliphatic hydroxyl groups excluding tert-OH is 1. The topological polar surface area (TPSA) is 39.2 Å². The fraction of sp³-hybridized carbons (Fsp3) is 1.00. The number of nitrogens with zero attached hydrogens (tertiary/aromatic N) is 3. The minimum atomic E-state index is -0.241. The lowest BCUT2D eigenvalue weighted by atomic mass is 10.2. The number of piperazine rings is 1. The second-order valence-electron chi connectivity index (χ2n) is 7.20. The Balaban J connectivity index is 1.36. The molecule has 122 valence electrons. The monoisotopic (exact) mass is 297 g/mol. The maximum Gasteiger partial charge on any atom is 0.0793 e. The highest BCUT2D eigenvalue weighted by Gasteiger charge is 2.31. The van der Waals surface area contributed by atoms with E-state index in [0.29, 0.717) is 0 Å². The van der Waals surface area contributed by atoms with Crippen molar-refractivity contribution in [3.63, 3.8) is 0 Å². The van der Waals surface area contributed by atoms with Crippen LogP contribution in [0.5, 0.6) is 0 Å². The van der Waals surface area contributed by atoms with Crippen molar-refractivity contribution in [1.29, 1.82) is 0 Å². The Morgan fingerprint density at radius 3 is 2.10 bits per heavy atom. The quantitative estimate of drug-likeness (QED) is 0.787. The van der Waals surface area contributed by atoms with E-state index in [9.17, 15) is 5.11 Å². The van der Waals surface area contributed by atoms with Crippen LogP contribution in [0, 0.1) is 0 Å². The van der Waals surface area contributed by atoms with Gasteiger partial charge in [-0.3, -0.25) is 14.7 Å². The molecule has 2 saturated heterocycles. The Hall–Kier alpha value is -0.200. The van der Waals surface area contributed by atoms with E-state index in [1.807, 2.05) is 0 Å². The lowest BCUT2D eigenvalue weighted by Gasteiger charge is -2.38. The second kappa shape index (κ2) is 6.92. The molecule has 3 fully saturated rings. The van der Waals surface area contributed by atoms with Gasteiger partial charge in [-0.25, -0.2) is 0 Å². The Morgan fingerprint density at radius 1 is 0.952 bits per heavy atom. The van der Waals surface area contributed by atoms with Crippen LogP contribution in [0.4, 0.5) is 0 Å². The molecule has 0 aromatic rings. The highest BCUT2D eigenvalue weighted by Crippen LogP contribution is 2.27. The van der Waals surface area contributed by atoms with Crippen molar-refractivity contribution in [2.45, 2.75) is 51.0 Å². The second-order valence-corrected chi connectivity index (χ2v) is 7.20. The summed E-state index contributed by atoms with van der Waals surface area (Å²) in [6.07, 6.45) is 3.12. The van der Waals surface area contributed by atoms with E-state index in [4.69, 9.17) is 4.74 Å². The zero-order chi connectivity index (χ0) is 14.8. The van der Waals surface area contributed by atoms with Crippen LogP contribution >= 0.6 is 0 Å². The van der Waals surface area contributed by atoms with Gasteiger partial charge < -0.3 is 9.84 Å². The molecule has 3 rings (SSSR count). The summed E-state index contributed by atoms with van der Waals surface area (Å²) in [6, 6.07) is 0.883. The van der Waals surface area contributed by atoms with Gasteiger partial charge in [-0.1, -0.05) is 0 Å². The van der Waals surface area contributed by atoms with Crippen molar-refractivity contribution in [3.05, 3.63) is 0 Å². The largest absolute Gasteiger partial charge is 0.390 e. The zero-order valence-corrected chi connectivity index (χ0v) is 13.6. The molecule has 3 atom stereocenters. The number of aliphatic hydroxyl groups is 1. The lowest BCUT2D eigenvalue weighted by Crippen LogP contribution is -2.52. The number of β-amino-alcohol motifs (C(OH)–C–C–N with tert-alkyl or cyclic N) is 1. The van der Waals surface area contributed by atoms with Crippen LogP contribution in [0.2, 0.25) is 0 Å². The van der Waals surface area contributed by atoms with Crippen molar-refractivity contribution < 1.29 is 9.84 Å². The first-order valence-electron chi connectivity index (χ1n) is 8.62. The summed E-state index contributed by atoms with van der Waals surface area (Å²) in [6.45, 7) is 12.3. The van der Waals surface area contributed by atoms with Gasteiger partial charge in [0.15, 0.2) is 0 Å². The van der Waals surface area contributed by atoms with E-state index in [1.165, 1.54) is 25.9 Å². The molecule has 3 unspecified atom stereocenters. The molecule has 0 aromatic carbocycles. The highest BCUT2D eigenvalue weighted by molar-refractivity contribution is 4.88. The smallest absolute Gasteiger partial charge is 0.0793 e. The summed E-state index contributed by atoms with van der Waals surface area (Å²) >= 11 is 0. The standard InChI is InChI=1S/C16H31N3O2/c1-13-9-18(10-14(2)21-13)12-16(20)11-17-5-7-19(8-6-17)15-3-4-15/h13-16,20H,3-12H2,1-2H3. The summed E-state index contributed by atoms with van der Waals surface area (Å²) in [7, 11) is 0. The van der Waals surface area contributed by atoms with Gasteiger partial charge in [0.25, 0.3) is 0 Å². The molecular weight excluding hydrogens is 266 g/mol. The molecule has 0 aromatic heterocycles. The first-order valence-corrected chi connectivity index (χ1v) is 8.62. The predicted molar refractivity (Wildman–Crippen MR) is 83.5 cm³/mol. The van der Waals surface area contributed by atoms with Crippen molar-refractivity contribution in [2.24, 2.45) is 0 Å². The Kier molecular flexibility index (Phi) is 5.17. The van der Waals surface area contributed by atoms with E-state index in [0.717, 1.165) is 45.3 Å². The zero-order valence-electron chi connectivity index (χ0n) is 13.6.